The average molecular weight is 632 g/mol. The van der Waals surface area contributed by atoms with E-state index in [-0.39, 0.29) is 17.5 Å². The van der Waals surface area contributed by atoms with E-state index >= 15 is 0 Å². The van der Waals surface area contributed by atoms with Crippen LogP contribution in [0.1, 0.15) is 70.7 Å². The minimum atomic E-state index is -1.61. The number of primary amides is 1. The Morgan fingerprint density at radius 3 is 2.02 bits per heavy atom. The molecule has 4 amide bonds. The minimum Gasteiger partial charge on any atom is -0.458 e. The summed E-state index contributed by atoms with van der Waals surface area (Å²) in [5.41, 5.74) is 4.67. The van der Waals surface area contributed by atoms with Gasteiger partial charge in [0.15, 0.2) is 0 Å². The van der Waals surface area contributed by atoms with Crippen LogP contribution >= 0.6 is 0 Å². The highest BCUT2D eigenvalue weighted by Crippen LogP contribution is 2.26. The molecule has 12 nitrogen and oxygen atoms in total. The van der Waals surface area contributed by atoms with Gasteiger partial charge >= 0.3 is 12.1 Å². The third-order valence-electron chi connectivity index (χ3n) is 6.18. The van der Waals surface area contributed by atoms with E-state index in [1.165, 1.54) is 6.07 Å². The highest BCUT2D eigenvalue weighted by atomic mass is 16.6. The summed E-state index contributed by atoms with van der Waals surface area (Å²) in [4.78, 5) is 67.2. The zero-order valence-electron chi connectivity index (χ0n) is 27.0. The molecule has 3 unspecified atom stereocenters. The molecule has 0 spiro atoms. The van der Waals surface area contributed by atoms with E-state index < -0.39 is 72.1 Å². The van der Waals surface area contributed by atoms with Crippen molar-refractivity contribution in [2.75, 3.05) is 6.54 Å². The van der Waals surface area contributed by atoms with Crippen LogP contribution in [0, 0.1) is 23.7 Å². The van der Waals surface area contributed by atoms with Gasteiger partial charge in [-0.05, 0) is 58.7 Å². The van der Waals surface area contributed by atoms with Gasteiger partial charge < -0.3 is 30.7 Å². The van der Waals surface area contributed by atoms with Gasteiger partial charge in [-0.25, -0.2) is 9.59 Å². The lowest BCUT2D eigenvalue weighted by Crippen LogP contribution is -2.55. The topological polar surface area (TPSA) is 181 Å². The number of alkyl carbamates (subject to hydrolysis) is 1. The highest BCUT2D eigenvalue weighted by molar-refractivity contribution is 5.96. The van der Waals surface area contributed by atoms with Crippen LogP contribution in [0.5, 0.6) is 0 Å². The SMILES string of the molecule is C#Cc1ccccc1C(C(=O)NC(Cc1ccccc1)C(=O)OC(C)(C)C)N(CC#N)C(=O)C(CC(N)=O)NC(=O)OC(C)(C)C. The Morgan fingerprint density at radius 1 is 0.891 bits per heavy atom. The van der Waals surface area contributed by atoms with Crippen molar-refractivity contribution in [1.29, 1.82) is 5.26 Å². The summed E-state index contributed by atoms with van der Waals surface area (Å²) in [7, 11) is 0. The molecule has 244 valence electrons. The Bertz CT molecular complexity index is 1500. The summed E-state index contributed by atoms with van der Waals surface area (Å²) in [6.45, 7) is 9.19. The maximum absolute atomic E-state index is 14.3. The van der Waals surface area contributed by atoms with Crippen LogP contribution < -0.4 is 16.4 Å². The molecule has 0 aliphatic rings. The van der Waals surface area contributed by atoms with E-state index in [0.29, 0.717) is 5.56 Å². The highest BCUT2D eigenvalue weighted by Gasteiger charge is 2.39. The first-order valence-corrected chi connectivity index (χ1v) is 14.5. The summed E-state index contributed by atoms with van der Waals surface area (Å²) >= 11 is 0. The van der Waals surface area contributed by atoms with Crippen molar-refractivity contribution < 1.29 is 33.4 Å². The summed E-state index contributed by atoms with van der Waals surface area (Å²) < 4.78 is 10.8. The van der Waals surface area contributed by atoms with Crippen LogP contribution in [0.2, 0.25) is 0 Å². The van der Waals surface area contributed by atoms with Gasteiger partial charge in [0.2, 0.25) is 17.7 Å². The number of esters is 1. The van der Waals surface area contributed by atoms with Crippen LogP contribution in [0.25, 0.3) is 0 Å². The van der Waals surface area contributed by atoms with E-state index in [9.17, 15) is 29.2 Å². The van der Waals surface area contributed by atoms with Crippen LogP contribution in [0.3, 0.4) is 0 Å². The summed E-state index contributed by atoms with van der Waals surface area (Å²) in [6, 6.07) is 12.6. The molecule has 3 atom stereocenters. The van der Waals surface area contributed by atoms with Gasteiger partial charge in [0, 0.05) is 12.0 Å². The number of hydrogen-bond acceptors (Lipinski definition) is 8. The van der Waals surface area contributed by atoms with Crippen molar-refractivity contribution in [2.24, 2.45) is 5.73 Å². The molecule has 0 fully saturated rings. The van der Waals surface area contributed by atoms with Crippen molar-refractivity contribution in [3.05, 3.63) is 71.3 Å². The third kappa shape index (κ3) is 11.6. The molecule has 4 N–H and O–H groups in total. The Hall–Kier alpha value is -5.36. The first-order valence-electron chi connectivity index (χ1n) is 14.5. The minimum absolute atomic E-state index is 0.0433. The van der Waals surface area contributed by atoms with Crippen LogP contribution in [-0.4, -0.2) is 64.5 Å². The molecule has 2 rings (SSSR count). The summed E-state index contributed by atoms with van der Waals surface area (Å²) in [5.74, 6) is -1.05. The molecule has 0 aliphatic heterocycles. The molecule has 2 aromatic carbocycles. The number of nitrogens with two attached hydrogens (primary N) is 1. The third-order valence-corrected chi connectivity index (χ3v) is 6.18. The largest absolute Gasteiger partial charge is 0.458 e. The normalized spacial score (nSPS) is 13.0. The molecule has 46 heavy (non-hydrogen) atoms. The smallest absolute Gasteiger partial charge is 0.408 e. The standard InChI is InChI=1S/C34H41N5O7/c1-8-23-16-12-13-17-24(23)28(29(41)37-26(31(43)45-33(2,3)4)20-22-14-10-9-11-15-22)39(19-18-35)30(42)25(21-27(36)40)38-32(44)46-34(5,6)7/h1,9-17,25-26,28H,19-21H2,2-7H3,(H2,36,40)(H,37,41)(H,38,44). The fourth-order valence-corrected chi connectivity index (χ4v) is 4.41. The molecule has 0 heterocycles. The van der Waals surface area contributed by atoms with Crippen molar-refractivity contribution in [2.45, 2.75) is 83.7 Å². The first-order chi connectivity index (χ1) is 21.5. The summed E-state index contributed by atoms with van der Waals surface area (Å²) in [6.07, 6.45) is 4.10. The van der Waals surface area contributed by atoms with E-state index in [4.69, 9.17) is 21.6 Å². The first kappa shape index (κ1) is 36.8. The molecule has 2 aromatic rings. The fraction of sp³-hybridized carbons (Fsp3) is 0.412. The average Bonchev–Trinajstić information content (AvgIpc) is 2.94. The lowest BCUT2D eigenvalue weighted by atomic mass is 9.96. The molecule has 12 heteroatoms. The van der Waals surface area contributed by atoms with E-state index in [1.54, 1.807) is 90.1 Å². The maximum Gasteiger partial charge on any atom is 0.408 e. The molecule has 0 saturated heterocycles. The molecule has 0 bridgehead atoms. The Kier molecular flexibility index (Phi) is 12.9. The van der Waals surface area contributed by atoms with Crippen LogP contribution in [0.15, 0.2) is 54.6 Å². The number of terminal acetylenes is 1. The number of carbonyl (C=O) groups excluding carboxylic acids is 5. The van der Waals surface area contributed by atoms with Gasteiger partial charge in [-0.1, -0.05) is 54.5 Å². The number of nitrogens with zero attached hydrogens (tertiary/aromatic N) is 2. The zero-order valence-corrected chi connectivity index (χ0v) is 27.0. The Balaban J connectivity index is 2.65. The van der Waals surface area contributed by atoms with Crippen molar-refractivity contribution in [3.63, 3.8) is 0 Å². The second-order valence-corrected chi connectivity index (χ2v) is 12.4. The van der Waals surface area contributed by atoms with E-state index in [2.05, 4.69) is 16.6 Å². The number of nitriles is 1. The molecule has 0 aromatic heterocycles. The molecular formula is C34H41N5O7. The van der Waals surface area contributed by atoms with Crippen molar-refractivity contribution in [3.8, 4) is 18.4 Å². The van der Waals surface area contributed by atoms with Gasteiger partial charge in [-0.3, -0.25) is 14.4 Å². The molecule has 0 aliphatic carbocycles. The van der Waals surface area contributed by atoms with Gasteiger partial charge in [-0.2, -0.15) is 5.26 Å². The zero-order chi connectivity index (χ0) is 34.7. The van der Waals surface area contributed by atoms with Crippen LogP contribution in [0.4, 0.5) is 4.79 Å². The predicted molar refractivity (Wildman–Crippen MR) is 169 cm³/mol. The number of ether oxygens (including phenoxy) is 2. The molecule has 0 radical (unpaired) electrons. The fourth-order valence-electron chi connectivity index (χ4n) is 4.41. The quantitative estimate of drug-likeness (QED) is 0.182. The Morgan fingerprint density at radius 2 is 1.48 bits per heavy atom. The van der Waals surface area contributed by atoms with Crippen molar-refractivity contribution >= 4 is 29.8 Å². The second kappa shape index (κ2) is 16.1. The number of benzene rings is 2. The van der Waals surface area contributed by atoms with Gasteiger partial charge in [0.1, 0.15) is 35.9 Å². The lowest BCUT2D eigenvalue weighted by molar-refractivity contribution is -0.159. The van der Waals surface area contributed by atoms with Crippen molar-refractivity contribution in [1.82, 2.24) is 15.5 Å². The lowest BCUT2D eigenvalue weighted by Gasteiger charge is -2.34. The molecular weight excluding hydrogens is 590 g/mol. The second-order valence-electron chi connectivity index (χ2n) is 12.4. The number of rotatable bonds is 12. The number of amides is 4. The number of hydrogen-bond donors (Lipinski definition) is 3. The van der Waals surface area contributed by atoms with E-state index in [1.807, 2.05) is 6.07 Å². The predicted octanol–water partition coefficient (Wildman–Crippen LogP) is 2.90. The van der Waals surface area contributed by atoms with Crippen LogP contribution in [-0.2, 0) is 35.1 Å². The van der Waals surface area contributed by atoms with Gasteiger partial charge in [0.25, 0.3) is 0 Å². The monoisotopic (exact) mass is 631 g/mol. The van der Waals surface area contributed by atoms with Gasteiger partial charge in [-0.15, -0.1) is 6.42 Å². The Labute approximate surface area is 269 Å². The summed E-state index contributed by atoms with van der Waals surface area (Å²) in [5, 5.41) is 14.8. The molecule has 0 saturated carbocycles. The number of carbonyl (C=O) groups is 5. The maximum atomic E-state index is 14.3. The number of nitrogens with one attached hydrogen (secondary N) is 2. The van der Waals surface area contributed by atoms with Gasteiger partial charge in [0.05, 0.1) is 12.5 Å². The van der Waals surface area contributed by atoms with E-state index in [0.717, 1.165) is 4.90 Å².